The molecule has 0 radical (unpaired) electrons. The zero-order valence-corrected chi connectivity index (χ0v) is 11.3. The van der Waals surface area contributed by atoms with E-state index in [4.69, 9.17) is 0 Å². The van der Waals surface area contributed by atoms with E-state index >= 15 is 0 Å². The van der Waals surface area contributed by atoms with Gasteiger partial charge in [0.15, 0.2) is 0 Å². The molecule has 0 aliphatic heterocycles. The number of aliphatic hydroxyl groups excluding tert-OH is 1. The first-order chi connectivity index (χ1) is 9.93. The van der Waals surface area contributed by atoms with Gasteiger partial charge < -0.3 is 9.84 Å². The van der Waals surface area contributed by atoms with Crippen molar-refractivity contribution >= 4 is 11.7 Å². The summed E-state index contributed by atoms with van der Waals surface area (Å²) in [6.07, 6.45) is 0.343. The molecule has 1 atom stereocenters. The molecule has 1 aromatic heterocycles. The fraction of sp³-hybridized carbons (Fsp3) is 0.250. The molecule has 0 fully saturated rings. The van der Waals surface area contributed by atoms with Crippen molar-refractivity contribution in [2.75, 3.05) is 7.11 Å². The second-order valence-corrected chi connectivity index (χ2v) is 4.19. The van der Waals surface area contributed by atoms with Gasteiger partial charge in [-0.15, -0.1) is 5.10 Å². The predicted octanol–water partition coefficient (Wildman–Crippen LogP) is 1.02. The molecule has 0 bridgehead atoms. The van der Waals surface area contributed by atoms with Gasteiger partial charge in [-0.1, -0.05) is 6.07 Å². The fourth-order valence-corrected chi connectivity index (χ4v) is 1.70. The second-order valence-electron chi connectivity index (χ2n) is 4.19. The minimum Gasteiger partial charge on any atom is -0.463 e. The molecule has 0 saturated heterocycles. The van der Waals surface area contributed by atoms with E-state index in [-0.39, 0.29) is 17.2 Å². The lowest BCUT2D eigenvalue weighted by Crippen LogP contribution is -2.06. The number of rotatable bonds is 4. The highest BCUT2D eigenvalue weighted by Gasteiger charge is 2.20. The van der Waals surface area contributed by atoms with Crippen LogP contribution in [0.15, 0.2) is 24.5 Å². The smallest absolute Gasteiger partial charge is 0.377 e. The van der Waals surface area contributed by atoms with Crippen molar-refractivity contribution in [2.24, 2.45) is 0 Å². The number of esters is 1. The molecule has 2 aromatic rings. The number of hydrogen-bond acceptors (Lipinski definition) is 7. The van der Waals surface area contributed by atoms with Crippen molar-refractivity contribution in [1.82, 2.24) is 14.8 Å². The maximum Gasteiger partial charge on any atom is 0.377 e. The molecule has 1 heterocycles. The van der Waals surface area contributed by atoms with Gasteiger partial charge in [0.1, 0.15) is 12.0 Å². The number of nitro benzene ring substituents is 1. The Morgan fingerprint density at radius 3 is 2.81 bits per heavy atom. The fourth-order valence-electron chi connectivity index (χ4n) is 1.70. The van der Waals surface area contributed by atoms with Crippen LogP contribution in [0.5, 0.6) is 0 Å². The van der Waals surface area contributed by atoms with E-state index in [0.717, 1.165) is 4.68 Å². The molecule has 9 heteroatoms. The lowest BCUT2D eigenvalue weighted by Gasteiger charge is -2.07. The maximum atomic E-state index is 11.3. The van der Waals surface area contributed by atoms with Crippen molar-refractivity contribution in [3.63, 3.8) is 0 Å². The van der Waals surface area contributed by atoms with E-state index in [1.807, 2.05) is 0 Å². The van der Waals surface area contributed by atoms with Crippen LogP contribution in [-0.4, -0.2) is 37.9 Å². The minimum atomic E-state index is -0.834. The summed E-state index contributed by atoms with van der Waals surface area (Å²) in [5.74, 6) is -0.941. The Kier molecular flexibility index (Phi) is 3.94. The summed E-state index contributed by atoms with van der Waals surface area (Å²) >= 11 is 0. The number of nitro groups is 1. The summed E-state index contributed by atoms with van der Waals surface area (Å²) in [5.41, 5.74) is 0.278. The van der Waals surface area contributed by atoms with Gasteiger partial charge in [-0.05, 0) is 18.6 Å². The summed E-state index contributed by atoms with van der Waals surface area (Å²) in [5, 5.41) is 24.5. The first-order valence-electron chi connectivity index (χ1n) is 5.90. The van der Waals surface area contributed by atoms with Crippen molar-refractivity contribution in [3.05, 3.63) is 46.0 Å². The van der Waals surface area contributed by atoms with Crippen LogP contribution in [0.2, 0.25) is 0 Å². The molecule has 2 rings (SSSR count). The zero-order valence-electron chi connectivity index (χ0n) is 11.3. The molecule has 0 aliphatic carbocycles. The first-order valence-corrected chi connectivity index (χ1v) is 5.90. The number of nitrogens with zero attached hydrogens (tertiary/aromatic N) is 4. The van der Waals surface area contributed by atoms with E-state index < -0.39 is 17.0 Å². The third-order valence-corrected chi connectivity index (χ3v) is 2.79. The van der Waals surface area contributed by atoms with Crippen LogP contribution in [0, 0.1) is 10.1 Å². The van der Waals surface area contributed by atoms with Crippen LogP contribution in [0.1, 0.15) is 29.2 Å². The number of ether oxygens (including phenoxy) is 1. The standard InChI is InChI=1S/C12H12N4O5/c1-7(17)8-3-4-9(10(5-8)16(19)20)15-6-13-11(14-15)12(18)21-2/h3-7,17H,1-2H3. The molecule has 0 amide bonds. The van der Waals surface area contributed by atoms with Gasteiger partial charge in [-0.3, -0.25) is 10.1 Å². The number of carbonyl (C=O) groups excluding carboxylic acids is 1. The van der Waals surface area contributed by atoms with Crippen LogP contribution in [-0.2, 0) is 4.74 Å². The van der Waals surface area contributed by atoms with Crippen LogP contribution >= 0.6 is 0 Å². The average molecular weight is 292 g/mol. The van der Waals surface area contributed by atoms with E-state index in [2.05, 4.69) is 14.8 Å². The normalized spacial score (nSPS) is 12.0. The highest BCUT2D eigenvalue weighted by atomic mass is 16.6. The highest BCUT2D eigenvalue weighted by Crippen LogP contribution is 2.26. The van der Waals surface area contributed by atoms with E-state index in [0.29, 0.717) is 5.56 Å². The van der Waals surface area contributed by atoms with Crippen LogP contribution in [0.3, 0.4) is 0 Å². The molecule has 21 heavy (non-hydrogen) atoms. The van der Waals surface area contributed by atoms with E-state index in [1.54, 1.807) is 0 Å². The minimum absolute atomic E-state index is 0.132. The Balaban J connectivity index is 2.50. The SMILES string of the molecule is COC(=O)c1ncn(-c2ccc(C(C)O)cc2[N+](=O)[O-])n1. The summed E-state index contributed by atoms with van der Waals surface area (Å²) in [6.45, 7) is 1.50. The van der Waals surface area contributed by atoms with Gasteiger partial charge >= 0.3 is 5.97 Å². The van der Waals surface area contributed by atoms with Gasteiger partial charge in [0.25, 0.3) is 11.5 Å². The average Bonchev–Trinajstić information content (AvgIpc) is 2.95. The van der Waals surface area contributed by atoms with Crippen molar-refractivity contribution < 1.29 is 19.6 Å². The molecule has 9 nitrogen and oxygen atoms in total. The largest absolute Gasteiger partial charge is 0.463 e. The van der Waals surface area contributed by atoms with Crippen molar-refractivity contribution in [3.8, 4) is 5.69 Å². The summed E-state index contributed by atoms with van der Waals surface area (Å²) in [7, 11) is 1.18. The quantitative estimate of drug-likeness (QED) is 0.507. The molecule has 1 unspecified atom stereocenters. The highest BCUT2D eigenvalue weighted by molar-refractivity contribution is 5.84. The van der Waals surface area contributed by atoms with Gasteiger partial charge in [-0.2, -0.15) is 0 Å². The number of benzene rings is 1. The number of aromatic nitrogens is 3. The molecular formula is C12H12N4O5. The van der Waals surface area contributed by atoms with Gasteiger partial charge in [0.2, 0.25) is 0 Å². The Labute approximate surface area is 118 Å². The zero-order chi connectivity index (χ0) is 15.6. The van der Waals surface area contributed by atoms with Crippen LogP contribution < -0.4 is 0 Å². The lowest BCUT2D eigenvalue weighted by molar-refractivity contribution is -0.384. The first kappa shape index (κ1) is 14.6. The molecule has 110 valence electrons. The Bertz CT molecular complexity index is 695. The third kappa shape index (κ3) is 2.87. The molecule has 0 aliphatic rings. The van der Waals surface area contributed by atoms with Crippen molar-refractivity contribution in [1.29, 1.82) is 0 Å². The Morgan fingerprint density at radius 2 is 2.24 bits per heavy atom. The Hall–Kier alpha value is -2.81. The summed E-state index contributed by atoms with van der Waals surface area (Å²) in [6, 6.07) is 4.21. The topological polar surface area (TPSA) is 120 Å². The predicted molar refractivity (Wildman–Crippen MR) is 70.0 cm³/mol. The van der Waals surface area contributed by atoms with Gasteiger partial charge in [0.05, 0.1) is 18.1 Å². The van der Waals surface area contributed by atoms with Gasteiger partial charge in [0, 0.05) is 6.07 Å². The lowest BCUT2D eigenvalue weighted by atomic mass is 10.1. The summed E-state index contributed by atoms with van der Waals surface area (Å²) < 4.78 is 5.58. The molecule has 1 aromatic carbocycles. The number of aliphatic hydroxyl groups is 1. The van der Waals surface area contributed by atoms with E-state index in [1.165, 1.54) is 38.6 Å². The molecular weight excluding hydrogens is 280 g/mol. The third-order valence-electron chi connectivity index (χ3n) is 2.79. The molecule has 1 N–H and O–H groups in total. The number of hydrogen-bond donors (Lipinski definition) is 1. The monoisotopic (exact) mass is 292 g/mol. The summed E-state index contributed by atoms with van der Waals surface area (Å²) in [4.78, 5) is 25.6. The maximum absolute atomic E-state index is 11.3. The molecule has 0 spiro atoms. The van der Waals surface area contributed by atoms with Crippen LogP contribution in [0.25, 0.3) is 5.69 Å². The number of carbonyl (C=O) groups is 1. The number of methoxy groups -OCH3 is 1. The van der Waals surface area contributed by atoms with Gasteiger partial charge in [-0.25, -0.2) is 14.5 Å². The molecule has 0 saturated carbocycles. The van der Waals surface area contributed by atoms with E-state index in [9.17, 15) is 20.0 Å². The van der Waals surface area contributed by atoms with Crippen LogP contribution in [0.4, 0.5) is 5.69 Å². The second kappa shape index (κ2) is 5.67. The Morgan fingerprint density at radius 1 is 1.52 bits per heavy atom. The van der Waals surface area contributed by atoms with Crippen molar-refractivity contribution in [2.45, 2.75) is 13.0 Å².